The third-order valence-corrected chi connectivity index (χ3v) is 3.48. The minimum absolute atomic E-state index is 0.583. The molecule has 0 aliphatic heterocycles. The summed E-state index contributed by atoms with van der Waals surface area (Å²) in [5, 5.41) is 17.3. The van der Waals surface area contributed by atoms with Crippen LogP contribution < -0.4 is 5.32 Å². The quantitative estimate of drug-likeness (QED) is 0.797. The van der Waals surface area contributed by atoms with Crippen molar-refractivity contribution in [3.8, 4) is 11.8 Å². The highest BCUT2D eigenvalue weighted by Gasteiger charge is 2.15. The summed E-state index contributed by atoms with van der Waals surface area (Å²) < 4.78 is 1.79. The molecule has 0 fully saturated rings. The minimum atomic E-state index is 0.583. The van der Waals surface area contributed by atoms with Crippen molar-refractivity contribution in [2.24, 2.45) is 0 Å². The van der Waals surface area contributed by atoms with Gasteiger partial charge in [-0.2, -0.15) is 10.4 Å². The first-order valence-electron chi connectivity index (χ1n) is 7.12. The number of para-hydroxylation sites is 1. The predicted molar refractivity (Wildman–Crippen MR) is 86.8 cm³/mol. The van der Waals surface area contributed by atoms with Crippen LogP contribution in [0.5, 0.6) is 0 Å². The summed E-state index contributed by atoms with van der Waals surface area (Å²) in [6.45, 7) is 2.50. The van der Waals surface area contributed by atoms with Crippen molar-refractivity contribution in [1.29, 1.82) is 5.26 Å². The molecule has 0 aliphatic carbocycles. The molecule has 1 N–H and O–H groups in total. The number of anilines is 1. The fourth-order valence-electron chi connectivity index (χ4n) is 2.36. The lowest BCUT2D eigenvalue weighted by atomic mass is 10.2. The van der Waals surface area contributed by atoms with Gasteiger partial charge in [-0.05, 0) is 24.6 Å². The lowest BCUT2D eigenvalue weighted by Crippen LogP contribution is -2.07. The second-order valence-corrected chi connectivity index (χ2v) is 5.01. The van der Waals surface area contributed by atoms with Crippen molar-refractivity contribution in [1.82, 2.24) is 9.78 Å². The number of benzene rings is 2. The van der Waals surface area contributed by atoms with E-state index in [1.165, 1.54) is 0 Å². The lowest BCUT2D eigenvalue weighted by Gasteiger charge is -2.10. The fourth-order valence-corrected chi connectivity index (χ4v) is 2.36. The summed E-state index contributed by atoms with van der Waals surface area (Å²) in [5.41, 5.74) is 3.40. The molecule has 108 valence electrons. The van der Waals surface area contributed by atoms with Gasteiger partial charge in [0, 0.05) is 6.54 Å². The Bertz CT molecular complexity index is 798. The van der Waals surface area contributed by atoms with E-state index in [2.05, 4.69) is 28.6 Å². The van der Waals surface area contributed by atoms with E-state index < -0.39 is 0 Å². The van der Waals surface area contributed by atoms with E-state index in [0.717, 1.165) is 22.8 Å². The van der Waals surface area contributed by atoms with Crippen LogP contribution in [0.15, 0.2) is 60.7 Å². The molecular weight excluding hydrogens is 272 g/mol. The van der Waals surface area contributed by atoms with Crippen LogP contribution in [0, 0.1) is 18.3 Å². The van der Waals surface area contributed by atoms with Crippen LogP contribution in [-0.2, 0) is 6.54 Å². The van der Waals surface area contributed by atoms with Gasteiger partial charge in [-0.15, -0.1) is 0 Å². The average molecular weight is 288 g/mol. The largest absolute Gasteiger partial charge is 0.365 e. The maximum Gasteiger partial charge on any atom is 0.148 e. The van der Waals surface area contributed by atoms with Crippen molar-refractivity contribution in [3.63, 3.8) is 0 Å². The molecule has 4 heteroatoms. The standard InChI is InChI=1S/C18H16N4/c1-14-17(12-19)18(20-13-15-8-4-2-5-9-15)22(21-14)16-10-6-3-7-11-16/h2-11,20H,13H2,1H3. The van der Waals surface area contributed by atoms with Crippen LogP contribution in [0.1, 0.15) is 16.8 Å². The van der Waals surface area contributed by atoms with Crippen LogP contribution in [0.3, 0.4) is 0 Å². The third kappa shape index (κ3) is 2.70. The minimum Gasteiger partial charge on any atom is -0.365 e. The highest BCUT2D eigenvalue weighted by molar-refractivity contribution is 5.59. The monoisotopic (exact) mass is 288 g/mol. The van der Waals surface area contributed by atoms with E-state index in [9.17, 15) is 5.26 Å². The average Bonchev–Trinajstić information content (AvgIpc) is 2.90. The molecule has 1 heterocycles. The highest BCUT2D eigenvalue weighted by Crippen LogP contribution is 2.23. The molecule has 0 amide bonds. The number of aryl methyl sites for hydroxylation is 1. The number of nitrogens with one attached hydrogen (secondary N) is 1. The third-order valence-electron chi connectivity index (χ3n) is 3.48. The van der Waals surface area contributed by atoms with Gasteiger partial charge in [-0.1, -0.05) is 48.5 Å². The Balaban J connectivity index is 1.97. The number of rotatable bonds is 4. The van der Waals surface area contributed by atoms with Crippen molar-refractivity contribution in [2.75, 3.05) is 5.32 Å². The molecular formula is C18H16N4. The summed E-state index contributed by atoms with van der Waals surface area (Å²) in [6.07, 6.45) is 0. The molecule has 0 aliphatic rings. The van der Waals surface area contributed by atoms with E-state index in [1.54, 1.807) is 4.68 Å². The second kappa shape index (κ2) is 6.15. The van der Waals surface area contributed by atoms with Gasteiger partial charge < -0.3 is 5.32 Å². The molecule has 0 unspecified atom stereocenters. The van der Waals surface area contributed by atoms with E-state index in [0.29, 0.717) is 12.1 Å². The van der Waals surface area contributed by atoms with Crippen molar-refractivity contribution < 1.29 is 0 Å². The lowest BCUT2D eigenvalue weighted by molar-refractivity contribution is 0.859. The molecule has 4 nitrogen and oxygen atoms in total. The topological polar surface area (TPSA) is 53.6 Å². The Morgan fingerprint density at radius 1 is 1.05 bits per heavy atom. The summed E-state index contributed by atoms with van der Waals surface area (Å²) in [7, 11) is 0. The predicted octanol–water partition coefficient (Wildman–Crippen LogP) is 3.66. The maximum atomic E-state index is 9.41. The zero-order valence-electron chi connectivity index (χ0n) is 12.3. The Kier molecular flexibility index (Phi) is 3.88. The number of nitrogens with zero attached hydrogens (tertiary/aromatic N) is 3. The summed E-state index contributed by atoms with van der Waals surface area (Å²) in [4.78, 5) is 0. The van der Waals surface area contributed by atoms with Gasteiger partial charge in [0.2, 0.25) is 0 Å². The SMILES string of the molecule is Cc1nn(-c2ccccc2)c(NCc2ccccc2)c1C#N. The van der Waals surface area contributed by atoms with Gasteiger partial charge in [-0.3, -0.25) is 0 Å². The van der Waals surface area contributed by atoms with Crippen LogP contribution >= 0.6 is 0 Å². The molecule has 0 saturated carbocycles. The zero-order valence-corrected chi connectivity index (χ0v) is 12.3. The van der Waals surface area contributed by atoms with Crippen LogP contribution in [0.25, 0.3) is 5.69 Å². The highest BCUT2D eigenvalue weighted by atomic mass is 15.3. The van der Waals surface area contributed by atoms with E-state index in [4.69, 9.17) is 0 Å². The summed E-state index contributed by atoms with van der Waals surface area (Å²) in [6, 6.07) is 22.2. The Morgan fingerprint density at radius 2 is 1.68 bits per heavy atom. The Labute approximate surface area is 129 Å². The number of hydrogen-bond donors (Lipinski definition) is 1. The Morgan fingerprint density at radius 3 is 2.32 bits per heavy atom. The molecule has 3 rings (SSSR count). The molecule has 2 aromatic carbocycles. The van der Waals surface area contributed by atoms with Crippen molar-refractivity contribution in [3.05, 3.63) is 77.5 Å². The van der Waals surface area contributed by atoms with Gasteiger partial charge in [0.1, 0.15) is 17.5 Å². The smallest absolute Gasteiger partial charge is 0.148 e. The molecule has 0 bridgehead atoms. The first kappa shape index (κ1) is 13.9. The molecule has 0 spiro atoms. The van der Waals surface area contributed by atoms with Crippen molar-refractivity contribution >= 4 is 5.82 Å². The van der Waals surface area contributed by atoms with Gasteiger partial charge in [-0.25, -0.2) is 4.68 Å². The first-order chi connectivity index (χ1) is 10.8. The van der Waals surface area contributed by atoms with Crippen LogP contribution in [-0.4, -0.2) is 9.78 Å². The van der Waals surface area contributed by atoms with Crippen molar-refractivity contribution in [2.45, 2.75) is 13.5 Å². The van der Waals surface area contributed by atoms with Crippen LogP contribution in [0.4, 0.5) is 5.82 Å². The summed E-state index contributed by atoms with van der Waals surface area (Å²) in [5.74, 6) is 0.732. The summed E-state index contributed by atoms with van der Waals surface area (Å²) >= 11 is 0. The van der Waals surface area contributed by atoms with Gasteiger partial charge in [0.05, 0.1) is 11.4 Å². The molecule has 22 heavy (non-hydrogen) atoms. The molecule has 0 atom stereocenters. The number of hydrogen-bond acceptors (Lipinski definition) is 3. The van der Waals surface area contributed by atoms with Gasteiger partial charge >= 0.3 is 0 Å². The first-order valence-corrected chi connectivity index (χ1v) is 7.12. The van der Waals surface area contributed by atoms with E-state index in [-0.39, 0.29) is 0 Å². The molecule has 3 aromatic rings. The molecule has 0 saturated heterocycles. The second-order valence-electron chi connectivity index (χ2n) is 5.01. The van der Waals surface area contributed by atoms with E-state index in [1.807, 2.05) is 55.5 Å². The number of nitriles is 1. The number of aromatic nitrogens is 2. The normalized spacial score (nSPS) is 10.2. The van der Waals surface area contributed by atoms with Crippen LogP contribution in [0.2, 0.25) is 0 Å². The van der Waals surface area contributed by atoms with E-state index >= 15 is 0 Å². The fraction of sp³-hybridized carbons (Fsp3) is 0.111. The molecule has 0 radical (unpaired) electrons. The maximum absolute atomic E-state index is 9.41. The zero-order chi connectivity index (χ0) is 15.4. The van der Waals surface area contributed by atoms with Gasteiger partial charge in [0.15, 0.2) is 0 Å². The Hall–Kier alpha value is -3.06. The van der Waals surface area contributed by atoms with Gasteiger partial charge in [0.25, 0.3) is 0 Å². The molecule has 1 aromatic heterocycles.